The molecule has 1 aromatic carbocycles. The number of hydrogen-bond acceptors (Lipinski definition) is 3. The summed E-state index contributed by atoms with van der Waals surface area (Å²) < 4.78 is 5.44. The fourth-order valence-electron chi connectivity index (χ4n) is 2.87. The maximum atomic E-state index is 12.3. The number of ether oxygens (including phenoxy) is 1. The van der Waals surface area contributed by atoms with Crippen molar-refractivity contribution in [2.75, 3.05) is 11.9 Å². The second kappa shape index (κ2) is 6.54. The molecular weight excluding hydrogens is 290 g/mol. The second-order valence-electron chi connectivity index (χ2n) is 6.63. The van der Waals surface area contributed by atoms with Crippen molar-refractivity contribution in [3.8, 4) is 0 Å². The Labute approximate surface area is 136 Å². The van der Waals surface area contributed by atoms with E-state index >= 15 is 0 Å². The first-order chi connectivity index (χ1) is 11.1. The number of carbonyl (C=O) groups excluding carboxylic acids is 1. The highest BCUT2D eigenvalue weighted by Crippen LogP contribution is 2.28. The van der Waals surface area contributed by atoms with Gasteiger partial charge in [-0.05, 0) is 17.4 Å². The number of aromatic amines is 1. The smallest absolute Gasteiger partial charge is 0.225 e. The summed E-state index contributed by atoms with van der Waals surface area (Å²) in [5.74, 6) is 0.607. The molecule has 5 heteroatoms. The quantitative estimate of drug-likeness (QED) is 0.891. The van der Waals surface area contributed by atoms with Gasteiger partial charge in [0.15, 0.2) is 5.82 Å². The lowest BCUT2D eigenvalue weighted by Gasteiger charge is -2.25. The van der Waals surface area contributed by atoms with E-state index < -0.39 is 0 Å². The molecule has 2 N–H and O–H groups in total. The van der Waals surface area contributed by atoms with Crippen molar-refractivity contribution in [1.29, 1.82) is 0 Å². The molecule has 122 valence electrons. The second-order valence-corrected chi connectivity index (χ2v) is 6.63. The van der Waals surface area contributed by atoms with Crippen molar-refractivity contribution in [3.05, 3.63) is 47.2 Å². The molecule has 2 aromatic rings. The molecule has 0 aliphatic carbocycles. The van der Waals surface area contributed by atoms with Gasteiger partial charge in [-0.1, -0.05) is 44.2 Å². The van der Waals surface area contributed by atoms with Crippen molar-refractivity contribution < 1.29 is 9.53 Å². The fraction of sp³-hybridized carbons (Fsp3) is 0.444. The molecule has 0 atom stereocenters. The van der Waals surface area contributed by atoms with Crippen LogP contribution in [0.5, 0.6) is 0 Å². The van der Waals surface area contributed by atoms with Crippen molar-refractivity contribution in [2.45, 2.75) is 45.1 Å². The lowest BCUT2D eigenvalue weighted by molar-refractivity contribution is -0.116. The molecule has 0 bridgehead atoms. The average molecular weight is 313 g/mol. The predicted molar refractivity (Wildman–Crippen MR) is 89.3 cm³/mol. The van der Waals surface area contributed by atoms with Crippen molar-refractivity contribution in [2.24, 2.45) is 0 Å². The third kappa shape index (κ3) is 3.62. The van der Waals surface area contributed by atoms with E-state index in [9.17, 15) is 4.79 Å². The Kier molecular flexibility index (Phi) is 4.48. The number of nitrogens with zero attached hydrogens (tertiary/aromatic N) is 1. The molecule has 0 unspecified atom stereocenters. The number of rotatable bonds is 5. The van der Waals surface area contributed by atoms with E-state index in [1.165, 1.54) is 5.56 Å². The lowest BCUT2D eigenvalue weighted by Crippen LogP contribution is -2.22. The van der Waals surface area contributed by atoms with Crippen molar-refractivity contribution in [1.82, 2.24) is 10.2 Å². The molecule has 1 aromatic heterocycles. The Morgan fingerprint density at radius 3 is 2.91 bits per heavy atom. The first-order valence-corrected chi connectivity index (χ1v) is 8.05. The van der Waals surface area contributed by atoms with Crippen LogP contribution in [0.2, 0.25) is 0 Å². The maximum Gasteiger partial charge on any atom is 0.225 e. The third-order valence-corrected chi connectivity index (χ3v) is 4.49. The monoisotopic (exact) mass is 313 g/mol. The predicted octanol–water partition coefficient (Wildman–Crippen LogP) is 3.18. The number of nitrogens with one attached hydrogen (secondary N) is 2. The average Bonchev–Trinajstić information content (AvgIpc) is 2.97. The van der Waals surface area contributed by atoms with Crippen LogP contribution in [-0.4, -0.2) is 22.7 Å². The molecule has 1 amide bonds. The summed E-state index contributed by atoms with van der Waals surface area (Å²) in [5, 5.41) is 10.1. The molecule has 23 heavy (non-hydrogen) atoms. The maximum absolute atomic E-state index is 12.3. The summed E-state index contributed by atoms with van der Waals surface area (Å²) in [6.45, 7) is 5.55. The zero-order chi connectivity index (χ0) is 16.3. The molecule has 0 saturated carbocycles. The van der Waals surface area contributed by atoms with Gasteiger partial charge in [0.1, 0.15) is 0 Å². The Hall–Kier alpha value is -2.14. The Morgan fingerprint density at radius 1 is 1.35 bits per heavy atom. The Balaban J connectivity index is 1.59. The van der Waals surface area contributed by atoms with E-state index in [-0.39, 0.29) is 11.3 Å². The molecule has 0 saturated heterocycles. The van der Waals surface area contributed by atoms with Crippen molar-refractivity contribution in [3.63, 3.8) is 0 Å². The summed E-state index contributed by atoms with van der Waals surface area (Å²) in [6, 6.07) is 10.3. The van der Waals surface area contributed by atoms with Crippen molar-refractivity contribution >= 4 is 11.7 Å². The Morgan fingerprint density at radius 2 is 2.13 bits per heavy atom. The van der Waals surface area contributed by atoms with Gasteiger partial charge in [0.25, 0.3) is 0 Å². The molecule has 5 nitrogen and oxygen atoms in total. The molecule has 0 radical (unpaired) electrons. The van der Waals surface area contributed by atoms with E-state index in [1.54, 1.807) is 0 Å². The number of anilines is 1. The van der Waals surface area contributed by atoms with Crippen LogP contribution < -0.4 is 5.32 Å². The standard InChI is InChI=1S/C18H23N3O2/c1-18(2,13-6-4-3-5-7-13)10-8-16(22)19-17-14-12-23-11-9-15(14)20-21-17/h3-7H,8-12H2,1-2H3,(H2,19,20,21,22). The number of hydrogen-bond donors (Lipinski definition) is 2. The molecule has 1 aliphatic heterocycles. The number of benzene rings is 1. The first kappa shape index (κ1) is 15.7. The van der Waals surface area contributed by atoms with Gasteiger partial charge in [-0.25, -0.2) is 0 Å². The van der Waals surface area contributed by atoms with E-state index in [2.05, 4.69) is 41.5 Å². The highest BCUT2D eigenvalue weighted by Gasteiger charge is 2.23. The summed E-state index contributed by atoms with van der Waals surface area (Å²) in [4.78, 5) is 12.3. The number of carbonyl (C=O) groups is 1. The van der Waals surface area contributed by atoms with Crippen LogP contribution in [0.3, 0.4) is 0 Å². The fourth-order valence-corrected chi connectivity index (χ4v) is 2.87. The number of fused-ring (bicyclic) bond motifs is 1. The van der Waals surface area contributed by atoms with E-state index in [4.69, 9.17) is 4.74 Å². The lowest BCUT2D eigenvalue weighted by atomic mass is 9.80. The minimum Gasteiger partial charge on any atom is -0.376 e. The first-order valence-electron chi connectivity index (χ1n) is 8.05. The van der Waals surface area contributed by atoms with Crippen LogP contribution in [-0.2, 0) is 28.0 Å². The Bertz CT molecular complexity index is 677. The molecule has 1 aliphatic rings. The minimum atomic E-state index is -0.0350. The van der Waals surface area contributed by atoms with Crippen LogP contribution in [0.4, 0.5) is 5.82 Å². The van der Waals surface area contributed by atoms with Crippen LogP contribution in [0.1, 0.15) is 43.5 Å². The van der Waals surface area contributed by atoms with Gasteiger partial charge in [-0.15, -0.1) is 0 Å². The van der Waals surface area contributed by atoms with E-state index in [0.29, 0.717) is 25.5 Å². The summed E-state index contributed by atoms with van der Waals surface area (Å²) in [7, 11) is 0. The summed E-state index contributed by atoms with van der Waals surface area (Å²) in [5.41, 5.74) is 3.26. The van der Waals surface area contributed by atoms with E-state index in [0.717, 1.165) is 24.1 Å². The largest absolute Gasteiger partial charge is 0.376 e. The molecular formula is C18H23N3O2. The van der Waals surface area contributed by atoms with Crippen LogP contribution in [0.15, 0.2) is 30.3 Å². The third-order valence-electron chi connectivity index (χ3n) is 4.49. The zero-order valence-electron chi connectivity index (χ0n) is 13.7. The van der Waals surface area contributed by atoms with E-state index in [1.807, 2.05) is 18.2 Å². The molecule has 2 heterocycles. The van der Waals surface area contributed by atoms with Gasteiger partial charge in [0, 0.05) is 24.1 Å². The molecule has 3 rings (SSSR count). The number of H-pyrrole nitrogens is 1. The van der Waals surface area contributed by atoms with Gasteiger partial charge < -0.3 is 10.1 Å². The van der Waals surface area contributed by atoms with Gasteiger partial charge in [-0.3, -0.25) is 9.89 Å². The van der Waals surface area contributed by atoms with Crippen LogP contribution >= 0.6 is 0 Å². The summed E-state index contributed by atoms with van der Waals surface area (Å²) in [6.07, 6.45) is 2.07. The molecule has 0 fully saturated rings. The number of amides is 1. The van der Waals surface area contributed by atoms with Crippen LogP contribution in [0, 0.1) is 0 Å². The van der Waals surface area contributed by atoms with Gasteiger partial charge >= 0.3 is 0 Å². The van der Waals surface area contributed by atoms with Gasteiger partial charge in [0.2, 0.25) is 5.91 Å². The zero-order valence-corrected chi connectivity index (χ0v) is 13.7. The van der Waals surface area contributed by atoms with Gasteiger partial charge in [0.05, 0.1) is 13.2 Å². The normalized spacial score (nSPS) is 14.3. The SMILES string of the molecule is CC(C)(CCC(=O)Nc1n[nH]c2c1COCC2)c1ccccc1. The molecule has 0 spiro atoms. The number of aromatic nitrogens is 2. The minimum absolute atomic E-state index is 0.00567. The van der Waals surface area contributed by atoms with Gasteiger partial charge in [-0.2, -0.15) is 5.10 Å². The van der Waals surface area contributed by atoms with Crippen LogP contribution in [0.25, 0.3) is 0 Å². The summed E-state index contributed by atoms with van der Waals surface area (Å²) >= 11 is 0. The topological polar surface area (TPSA) is 67.0 Å². The highest BCUT2D eigenvalue weighted by molar-refractivity contribution is 5.90. The highest BCUT2D eigenvalue weighted by atomic mass is 16.5.